The first kappa shape index (κ1) is 26.1. The highest BCUT2D eigenvalue weighted by Gasteiger charge is 2.76. The molecule has 1 aromatic rings. The molecule has 3 fully saturated rings. The van der Waals surface area contributed by atoms with Gasteiger partial charge in [0.05, 0.1) is 17.9 Å². The minimum Gasteiger partial charge on any atom is -0.396 e. The molecule has 3 aliphatic heterocycles. The third-order valence-electron chi connectivity index (χ3n) is 7.54. The van der Waals surface area contributed by atoms with Gasteiger partial charge in [0.25, 0.3) is 0 Å². The number of ether oxygens (including phenoxy) is 1. The fraction of sp³-hybridized carbons (Fsp3) is 0.654. The summed E-state index contributed by atoms with van der Waals surface area (Å²) in [4.78, 5) is 42.2. The average Bonchev–Trinajstić information content (AvgIpc) is 3.44. The Bertz CT molecular complexity index is 916. The number of nitrogens with one attached hydrogen (secondary N) is 2. The number of benzene rings is 1. The third kappa shape index (κ3) is 5.00. The number of unbranched alkanes of at least 4 members (excludes halogenated alkanes) is 3. The van der Waals surface area contributed by atoms with Crippen LogP contribution in [0.25, 0.3) is 0 Å². The van der Waals surface area contributed by atoms with Crippen LogP contribution in [0, 0.1) is 11.8 Å². The standard InChI is InChI=1S/C26H36BrN3O5/c1-2-3-12-28-24(33)22-26-15-18(27)21(35-26)19(23(32)29-16-17-10-6-4-7-11-17)20(26)25(34)30(22)13-8-5-9-14-31/h4,6-7,10-11,18-22,31H,2-3,5,8-9,12-16H2,1H3,(H,28,33)(H,29,32)/t18?,19-,20+,21-,22?,26?/m1/s1. The van der Waals surface area contributed by atoms with Gasteiger partial charge in [-0.15, -0.1) is 0 Å². The summed E-state index contributed by atoms with van der Waals surface area (Å²) in [5.74, 6) is -1.93. The van der Waals surface area contributed by atoms with Crippen molar-refractivity contribution in [2.75, 3.05) is 19.7 Å². The van der Waals surface area contributed by atoms with E-state index in [9.17, 15) is 14.4 Å². The Labute approximate surface area is 215 Å². The highest BCUT2D eigenvalue weighted by atomic mass is 79.9. The summed E-state index contributed by atoms with van der Waals surface area (Å²) in [6.07, 6.45) is 3.95. The number of rotatable bonds is 12. The summed E-state index contributed by atoms with van der Waals surface area (Å²) in [7, 11) is 0. The number of alkyl halides is 1. The van der Waals surface area contributed by atoms with Crippen LogP contribution in [-0.2, 0) is 25.7 Å². The molecule has 35 heavy (non-hydrogen) atoms. The molecule has 3 heterocycles. The number of aliphatic hydroxyl groups is 1. The van der Waals surface area contributed by atoms with Gasteiger partial charge in [-0.05, 0) is 37.7 Å². The van der Waals surface area contributed by atoms with Crippen molar-refractivity contribution in [2.24, 2.45) is 11.8 Å². The van der Waals surface area contributed by atoms with Crippen molar-refractivity contribution < 1.29 is 24.2 Å². The van der Waals surface area contributed by atoms with Crippen molar-refractivity contribution in [3.63, 3.8) is 0 Å². The highest BCUT2D eigenvalue weighted by molar-refractivity contribution is 9.09. The average molecular weight is 550 g/mol. The molecule has 0 aromatic heterocycles. The Kier molecular flexibility index (Phi) is 8.50. The molecule has 2 bridgehead atoms. The van der Waals surface area contributed by atoms with Gasteiger partial charge >= 0.3 is 0 Å². The lowest BCUT2D eigenvalue weighted by molar-refractivity contribution is -0.142. The summed E-state index contributed by atoms with van der Waals surface area (Å²) >= 11 is 3.69. The van der Waals surface area contributed by atoms with Crippen LogP contribution in [0.5, 0.6) is 0 Å². The highest BCUT2D eigenvalue weighted by Crippen LogP contribution is 2.60. The molecule has 1 aromatic carbocycles. The van der Waals surface area contributed by atoms with Crippen molar-refractivity contribution in [2.45, 2.75) is 74.6 Å². The van der Waals surface area contributed by atoms with E-state index in [0.717, 1.165) is 24.8 Å². The summed E-state index contributed by atoms with van der Waals surface area (Å²) in [6, 6.07) is 8.88. The summed E-state index contributed by atoms with van der Waals surface area (Å²) in [5.41, 5.74) is -0.0377. The van der Waals surface area contributed by atoms with Gasteiger partial charge in [0, 0.05) is 31.1 Å². The zero-order chi connectivity index (χ0) is 25.0. The van der Waals surface area contributed by atoms with E-state index in [1.165, 1.54) is 0 Å². The van der Waals surface area contributed by atoms with Crippen LogP contribution in [-0.4, -0.2) is 70.0 Å². The van der Waals surface area contributed by atoms with Gasteiger partial charge in [-0.25, -0.2) is 0 Å². The molecule has 8 nitrogen and oxygen atoms in total. The fourth-order valence-electron chi connectivity index (χ4n) is 5.93. The molecule has 0 aliphatic carbocycles. The summed E-state index contributed by atoms with van der Waals surface area (Å²) in [5, 5.41) is 15.1. The van der Waals surface area contributed by atoms with Crippen molar-refractivity contribution in [1.29, 1.82) is 0 Å². The van der Waals surface area contributed by atoms with Gasteiger partial charge in [-0.2, -0.15) is 0 Å². The van der Waals surface area contributed by atoms with Crippen molar-refractivity contribution >= 4 is 33.7 Å². The van der Waals surface area contributed by atoms with Gasteiger partial charge in [0.2, 0.25) is 17.7 Å². The zero-order valence-corrected chi connectivity index (χ0v) is 21.8. The monoisotopic (exact) mass is 549 g/mol. The Hall–Kier alpha value is -1.97. The molecule has 3 aliphatic rings. The van der Waals surface area contributed by atoms with E-state index in [4.69, 9.17) is 9.84 Å². The lowest BCUT2D eigenvalue weighted by Crippen LogP contribution is -2.56. The molecule has 192 valence electrons. The molecule has 9 heteroatoms. The number of carbonyl (C=O) groups is 3. The van der Waals surface area contributed by atoms with Gasteiger partial charge in [-0.3, -0.25) is 14.4 Å². The lowest BCUT2D eigenvalue weighted by Gasteiger charge is -2.34. The van der Waals surface area contributed by atoms with E-state index in [2.05, 4.69) is 33.5 Å². The van der Waals surface area contributed by atoms with Gasteiger partial charge in [0.15, 0.2) is 0 Å². The van der Waals surface area contributed by atoms with Crippen LogP contribution in [0.15, 0.2) is 30.3 Å². The minimum atomic E-state index is -1.02. The topological polar surface area (TPSA) is 108 Å². The lowest BCUT2D eigenvalue weighted by atomic mass is 9.70. The fourth-order valence-corrected chi connectivity index (χ4v) is 6.87. The third-order valence-corrected chi connectivity index (χ3v) is 8.38. The molecule has 3 amide bonds. The van der Waals surface area contributed by atoms with Gasteiger partial charge in [0.1, 0.15) is 11.6 Å². The number of aliphatic hydroxyl groups excluding tert-OH is 1. The van der Waals surface area contributed by atoms with Crippen molar-refractivity contribution in [3.8, 4) is 0 Å². The second-order valence-corrected chi connectivity index (χ2v) is 11.0. The predicted molar refractivity (Wildman–Crippen MR) is 135 cm³/mol. The maximum atomic E-state index is 13.8. The van der Waals surface area contributed by atoms with E-state index >= 15 is 0 Å². The number of carbonyl (C=O) groups excluding carboxylic acids is 3. The number of hydrogen-bond acceptors (Lipinski definition) is 5. The van der Waals surface area contributed by atoms with E-state index in [-0.39, 0.29) is 29.2 Å². The zero-order valence-electron chi connectivity index (χ0n) is 20.2. The van der Waals surface area contributed by atoms with E-state index in [0.29, 0.717) is 38.9 Å². The SMILES string of the molecule is CCCCNC(=O)C1N(CCCCCO)C(=O)[C@@H]2[C@@H](C(=O)NCc3ccccc3)[C@@H]3OC12CC3Br. The molecule has 3 N–H and O–H groups in total. The van der Waals surface area contributed by atoms with Crippen LogP contribution in [0.3, 0.4) is 0 Å². The maximum Gasteiger partial charge on any atom is 0.245 e. The van der Waals surface area contributed by atoms with E-state index < -0.39 is 29.6 Å². The quantitative estimate of drug-likeness (QED) is 0.273. The molecule has 1 spiro atoms. The smallest absolute Gasteiger partial charge is 0.245 e. The van der Waals surface area contributed by atoms with Gasteiger partial charge in [-0.1, -0.05) is 59.6 Å². The number of halogens is 1. The minimum absolute atomic E-state index is 0.0984. The molecule has 6 atom stereocenters. The summed E-state index contributed by atoms with van der Waals surface area (Å²) < 4.78 is 6.48. The first-order chi connectivity index (χ1) is 16.9. The molecule has 0 radical (unpaired) electrons. The van der Waals surface area contributed by atoms with Crippen LogP contribution >= 0.6 is 15.9 Å². The Morgan fingerprint density at radius 3 is 2.63 bits per heavy atom. The molecular weight excluding hydrogens is 514 g/mol. The predicted octanol–water partition coefficient (Wildman–Crippen LogP) is 2.13. The number of nitrogens with zero attached hydrogens (tertiary/aromatic N) is 1. The van der Waals surface area contributed by atoms with E-state index in [1.54, 1.807) is 4.90 Å². The van der Waals surface area contributed by atoms with E-state index in [1.807, 2.05) is 30.3 Å². The van der Waals surface area contributed by atoms with Crippen molar-refractivity contribution in [1.82, 2.24) is 15.5 Å². The van der Waals surface area contributed by atoms with Crippen LogP contribution in [0.4, 0.5) is 0 Å². The number of likely N-dealkylation sites (tertiary alicyclic amines) is 1. The second-order valence-electron chi connectivity index (χ2n) is 9.83. The molecule has 3 saturated heterocycles. The molecule has 4 rings (SSSR count). The first-order valence-electron chi connectivity index (χ1n) is 12.8. The number of amides is 3. The Balaban J connectivity index is 1.57. The first-order valence-corrected chi connectivity index (χ1v) is 13.7. The second kappa shape index (κ2) is 11.4. The normalized spacial score (nSPS) is 31.0. The molecule has 3 unspecified atom stereocenters. The number of hydrogen-bond donors (Lipinski definition) is 3. The summed E-state index contributed by atoms with van der Waals surface area (Å²) in [6.45, 7) is 3.48. The molecule has 0 saturated carbocycles. The van der Waals surface area contributed by atoms with Gasteiger partial charge < -0.3 is 25.4 Å². The Morgan fingerprint density at radius 2 is 1.91 bits per heavy atom. The van der Waals surface area contributed by atoms with Crippen LogP contribution in [0.1, 0.15) is 51.0 Å². The van der Waals surface area contributed by atoms with Crippen LogP contribution < -0.4 is 10.6 Å². The maximum absolute atomic E-state index is 13.8. The van der Waals surface area contributed by atoms with Crippen molar-refractivity contribution in [3.05, 3.63) is 35.9 Å². The molecular formula is C26H36BrN3O5. The largest absolute Gasteiger partial charge is 0.396 e. The number of fused-ring (bicyclic) bond motifs is 1. The Morgan fingerprint density at radius 1 is 1.14 bits per heavy atom. The van der Waals surface area contributed by atoms with Crippen LogP contribution in [0.2, 0.25) is 0 Å².